The molecule has 6 rings (SSSR count). The van der Waals surface area contributed by atoms with E-state index in [0.717, 1.165) is 27.3 Å². The van der Waals surface area contributed by atoms with Gasteiger partial charge in [-0.2, -0.15) is 0 Å². The van der Waals surface area contributed by atoms with Crippen molar-refractivity contribution in [3.8, 4) is 10.7 Å². The van der Waals surface area contributed by atoms with Gasteiger partial charge >= 0.3 is 12.1 Å². The van der Waals surface area contributed by atoms with E-state index in [9.17, 15) is 19.5 Å². The van der Waals surface area contributed by atoms with Crippen LogP contribution in [0.25, 0.3) is 20.9 Å². The van der Waals surface area contributed by atoms with Crippen LogP contribution in [0, 0.1) is 11.8 Å². The number of unbranched alkanes of at least 4 members (excludes halogenated alkanes) is 1. The number of carbonyl (C=O) groups excluding carboxylic acids is 3. The lowest BCUT2D eigenvalue weighted by Gasteiger charge is -2.45. The molecule has 3 aromatic rings. The van der Waals surface area contributed by atoms with Gasteiger partial charge in [0.2, 0.25) is 0 Å². The smallest absolute Gasteiger partial charge is 0.410 e. The minimum Gasteiger partial charge on any atom is -0.458 e. The molecule has 0 bridgehead atoms. The molecular weight excluding hydrogens is 803 g/mol. The van der Waals surface area contributed by atoms with Crippen LogP contribution >= 0.6 is 11.3 Å². The van der Waals surface area contributed by atoms with Crippen molar-refractivity contribution in [2.24, 2.45) is 11.8 Å². The number of methoxy groups -OCH3 is 1. The Labute approximate surface area is 365 Å². The average molecular weight is 872 g/mol. The van der Waals surface area contributed by atoms with Gasteiger partial charge in [0, 0.05) is 38.7 Å². The number of hydrogen-bond acceptors (Lipinski definition) is 15. The van der Waals surface area contributed by atoms with Gasteiger partial charge in [0.25, 0.3) is 0 Å². The van der Waals surface area contributed by atoms with Gasteiger partial charge in [0.05, 0.1) is 40.3 Å². The van der Waals surface area contributed by atoms with E-state index < -0.39 is 65.6 Å². The van der Waals surface area contributed by atoms with Crippen molar-refractivity contribution in [2.45, 2.75) is 161 Å². The molecule has 17 heteroatoms. The number of amides is 1. The number of thiazole rings is 1. The van der Waals surface area contributed by atoms with Crippen molar-refractivity contribution in [1.82, 2.24) is 35.1 Å². The molecule has 340 valence electrons. The largest absolute Gasteiger partial charge is 0.458 e. The summed E-state index contributed by atoms with van der Waals surface area (Å²) in [4.78, 5) is 50.2. The SMILES string of the molecule is C.CC[C@H]1OC(=O)[C@H](C)C(=O)C[C@@H](O[C@@H]2OC(C)CC(N(C)C)C2O)[C@](C)(OC)C[C@@H](C)CN[C@H](C)[C@H]2N(CCCCn3cc(-c4nc5ccccc5s4)nn3)C(=O)O[C@]12C. The van der Waals surface area contributed by atoms with Crippen LogP contribution in [0.3, 0.4) is 0 Å². The minimum absolute atomic E-state index is 0. The van der Waals surface area contributed by atoms with Gasteiger partial charge in [0.15, 0.2) is 11.9 Å². The first kappa shape index (κ1) is 48.5. The maximum atomic E-state index is 14.1. The summed E-state index contributed by atoms with van der Waals surface area (Å²) in [5, 5.41) is 24.6. The zero-order chi connectivity index (χ0) is 43.5. The Hall–Kier alpha value is -3.58. The highest BCUT2D eigenvalue weighted by atomic mass is 32.1. The number of ketones is 1. The number of para-hydroxylation sites is 1. The zero-order valence-corrected chi connectivity index (χ0v) is 37.6. The number of fused-ring (bicyclic) bond motifs is 2. The summed E-state index contributed by atoms with van der Waals surface area (Å²) in [5.41, 5.74) is -0.592. The lowest BCUT2D eigenvalue weighted by molar-refractivity contribution is -0.289. The fourth-order valence-corrected chi connectivity index (χ4v) is 10.1. The third kappa shape index (κ3) is 10.6. The molecule has 3 aliphatic heterocycles. The van der Waals surface area contributed by atoms with Crippen molar-refractivity contribution < 1.29 is 43.2 Å². The number of cyclic esters (lactones) is 1. The van der Waals surface area contributed by atoms with E-state index in [2.05, 4.69) is 22.6 Å². The summed E-state index contributed by atoms with van der Waals surface area (Å²) in [6, 6.07) is 6.96. The summed E-state index contributed by atoms with van der Waals surface area (Å²) in [7, 11) is 5.39. The molecule has 3 aliphatic rings. The number of benzene rings is 1. The molecule has 2 N–H and O–H groups in total. The molecule has 61 heavy (non-hydrogen) atoms. The first-order valence-electron chi connectivity index (χ1n) is 21.4. The Bertz CT molecular complexity index is 1910. The molecule has 3 saturated heterocycles. The number of carbonyl (C=O) groups is 3. The lowest BCUT2D eigenvalue weighted by Crippen LogP contribution is -2.61. The van der Waals surface area contributed by atoms with Gasteiger partial charge < -0.3 is 39.0 Å². The van der Waals surface area contributed by atoms with Crippen molar-refractivity contribution in [2.75, 3.05) is 34.3 Å². The fraction of sp³-hybridized carbons (Fsp3) is 0.727. The number of ether oxygens (including phenoxy) is 5. The van der Waals surface area contributed by atoms with Gasteiger partial charge in [-0.1, -0.05) is 38.6 Å². The summed E-state index contributed by atoms with van der Waals surface area (Å²) in [6.45, 7) is 14.7. The standard InChI is InChI=1S/C43H65N7O9S.CH4/c1-11-34-43(7)37(50(41(54)59-43)19-15-14-18-49-24-30(46-47-49)38-45-29-16-12-13-17-33(29)60-38)28(5)44-23-25(2)22-42(6,55-10)35(21-32(51)27(4)39(53)57-34)58-40-36(52)31(48(8)9)20-26(3)56-40;/h12-13,16-17,24-28,31,34-37,40,44,52H,11,14-15,18-23H2,1-10H3;1H4/t25-,26?,27-,28-,31?,34-,35-,36?,37-,40+,42-,43-;/m1./s1. The average Bonchev–Trinajstić information content (AvgIpc) is 3.93. The number of Topliss-reactive ketones (excluding diaryl/α,β-unsaturated/α-hetero) is 1. The molecule has 0 aliphatic carbocycles. The zero-order valence-electron chi connectivity index (χ0n) is 36.8. The quantitative estimate of drug-likeness (QED) is 0.136. The molecule has 2 aromatic heterocycles. The maximum Gasteiger partial charge on any atom is 0.410 e. The molecule has 1 aromatic carbocycles. The normalized spacial score (nSPS) is 34.4. The number of aliphatic hydroxyl groups is 1. The number of nitrogens with zero attached hydrogens (tertiary/aromatic N) is 6. The number of aryl methyl sites for hydroxylation is 1. The Morgan fingerprint density at radius 2 is 1.80 bits per heavy atom. The van der Waals surface area contributed by atoms with E-state index in [4.69, 9.17) is 28.7 Å². The van der Waals surface area contributed by atoms with Crippen LogP contribution in [-0.2, 0) is 39.8 Å². The molecule has 0 radical (unpaired) electrons. The number of nitrogens with one attached hydrogen (secondary N) is 1. The fourth-order valence-electron chi connectivity index (χ4n) is 9.20. The highest BCUT2D eigenvalue weighted by molar-refractivity contribution is 7.21. The van der Waals surface area contributed by atoms with Crippen molar-refractivity contribution >= 4 is 39.4 Å². The van der Waals surface area contributed by atoms with Gasteiger partial charge in [-0.3, -0.25) is 19.2 Å². The predicted octanol–water partition coefficient (Wildman–Crippen LogP) is 5.70. The molecule has 5 heterocycles. The third-order valence-electron chi connectivity index (χ3n) is 12.8. The van der Waals surface area contributed by atoms with Gasteiger partial charge in [-0.25, -0.2) is 9.78 Å². The summed E-state index contributed by atoms with van der Waals surface area (Å²) < 4.78 is 34.2. The monoisotopic (exact) mass is 871 g/mol. The Morgan fingerprint density at radius 1 is 1.08 bits per heavy atom. The molecule has 0 spiro atoms. The van der Waals surface area contributed by atoms with E-state index in [1.165, 1.54) is 6.92 Å². The predicted molar refractivity (Wildman–Crippen MR) is 233 cm³/mol. The Morgan fingerprint density at radius 3 is 2.49 bits per heavy atom. The molecule has 12 atom stereocenters. The summed E-state index contributed by atoms with van der Waals surface area (Å²) in [6.07, 6.45) is 0.148. The highest BCUT2D eigenvalue weighted by Gasteiger charge is 2.58. The molecule has 3 fully saturated rings. The van der Waals surface area contributed by atoms with E-state index in [-0.39, 0.29) is 38.0 Å². The van der Waals surface area contributed by atoms with Crippen LogP contribution in [-0.4, -0.2) is 147 Å². The molecule has 0 saturated carbocycles. The first-order chi connectivity index (χ1) is 28.5. The second kappa shape index (κ2) is 20.3. The molecular formula is C44H69N7O9S. The number of likely N-dealkylation sites (N-methyl/N-ethyl adjacent to an activating group) is 1. The topological polar surface area (TPSA) is 180 Å². The van der Waals surface area contributed by atoms with Crippen molar-refractivity contribution in [3.63, 3.8) is 0 Å². The number of rotatable bonds is 11. The van der Waals surface area contributed by atoms with Gasteiger partial charge in [0.1, 0.15) is 34.6 Å². The molecule has 1 amide bonds. The maximum absolute atomic E-state index is 14.1. The second-order valence-corrected chi connectivity index (χ2v) is 18.7. The van der Waals surface area contributed by atoms with Crippen molar-refractivity contribution in [1.29, 1.82) is 0 Å². The third-order valence-corrected chi connectivity index (χ3v) is 13.8. The molecule has 16 nitrogen and oxygen atoms in total. The van der Waals surface area contributed by atoms with Crippen LogP contribution < -0.4 is 5.32 Å². The highest BCUT2D eigenvalue weighted by Crippen LogP contribution is 2.39. The van der Waals surface area contributed by atoms with Gasteiger partial charge in [-0.15, -0.1) is 16.4 Å². The van der Waals surface area contributed by atoms with E-state index in [1.54, 1.807) is 28.0 Å². The van der Waals surface area contributed by atoms with Crippen LogP contribution in [0.1, 0.15) is 94.4 Å². The van der Waals surface area contributed by atoms with Crippen molar-refractivity contribution in [3.05, 3.63) is 30.5 Å². The minimum atomic E-state index is -1.22. The second-order valence-electron chi connectivity index (χ2n) is 17.7. The summed E-state index contributed by atoms with van der Waals surface area (Å²) >= 11 is 1.58. The molecule has 3 unspecified atom stereocenters. The number of aromatic nitrogens is 4. The first-order valence-corrected chi connectivity index (χ1v) is 22.2. The number of esters is 1. The summed E-state index contributed by atoms with van der Waals surface area (Å²) in [5.74, 6) is -2.26. The Kier molecular flexibility index (Phi) is 16.1. The van der Waals surface area contributed by atoms with Crippen LogP contribution in [0.4, 0.5) is 4.79 Å². The van der Waals surface area contributed by atoms with Crippen LogP contribution in [0.2, 0.25) is 0 Å². The van der Waals surface area contributed by atoms with Crippen LogP contribution in [0.15, 0.2) is 30.5 Å². The van der Waals surface area contributed by atoms with E-state index in [0.29, 0.717) is 45.3 Å². The van der Waals surface area contributed by atoms with Gasteiger partial charge in [-0.05, 0) is 105 Å². The Balaban J connectivity index is 0.00000704. The van der Waals surface area contributed by atoms with E-state index in [1.807, 2.05) is 84.1 Å². The van der Waals surface area contributed by atoms with Crippen LogP contribution in [0.5, 0.6) is 0 Å². The number of hydrogen-bond donors (Lipinski definition) is 2. The van der Waals surface area contributed by atoms with E-state index >= 15 is 0 Å². The lowest BCUT2D eigenvalue weighted by atomic mass is 9.83. The number of aliphatic hydroxyl groups excluding tert-OH is 1.